The summed E-state index contributed by atoms with van der Waals surface area (Å²) in [6.07, 6.45) is 9.93. The molecule has 21 heavy (non-hydrogen) atoms. The second-order valence-corrected chi connectivity index (χ2v) is 7.01. The van der Waals surface area contributed by atoms with Crippen LogP contribution in [-0.4, -0.2) is 10.6 Å². The molecule has 1 aromatic rings. The van der Waals surface area contributed by atoms with E-state index in [1.165, 1.54) is 56.2 Å². The van der Waals surface area contributed by atoms with Gasteiger partial charge in [-0.1, -0.05) is 25.7 Å². The minimum absolute atomic E-state index is 0.675. The van der Waals surface area contributed by atoms with Gasteiger partial charge in [0.2, 0.25) is 0 Å². The molecule has 2 fully saturated rings. The van der Waals surface area contributed by atoms with Gasteiger partial charge in [-0.05, 0) is 49.7 Å². The summed E-state index contributed by atoms with van der Waals surface area (Å²) in [5, 5.41) is 12.9. The van der Waals surface area contributed by atoms with Crippen molar-refractivity contribution < 1.29 is 0 Å². The molecule has 114 valence electrons. The molecule has 3 heteroatoms. The Hall–Kier alpha value is -1.27. The topological polar surface area (TPSA) is 40.8 Å². The Morgan fingerprint density at radius 3 is 2.71 bits per heavy atom. The summed E-state index contributed by atoms with van der Waals surface area (Å²) in [5.41, 5.74) is 3.26. The highest BCUT2D eigenvalue weighted by Crippen LogP contribution is 2.40. The van der Waals surface area contributed by atoms with Crippen LogP contribution in [0.2, 0.25) is 0 Å². The van der Waals surface area contributed by atoms with Crippen molar-refractivity contribution in [3.63, 3.8) is 0 Å². The highest BCUT2D eigenvalue weighted by Gasteiger charge is 2.31. The molecular weight excluding hydrogens is 258 g/mol. The van der Waals surface area contributed by atoms with Crippen LogP contribution in [-0.2, 0) is 13.6 Å². The maximum absolute atomic E-state index is 9.11. The monoisotopic (exact) mass is 285 g/mol. The number of hydrogen-bond acceptors (Lipinski definition) is 2. The third kappa shape index (κ3) is 3.01. The number of nitriles is 1. The molecule has 2 aliphatic carbocycles. The average molecular weight is 285 g/mol. The number of nitrogens with one attached hydrogen (secondary N) is 1. The molecule has 0 amide bonds. The van der Waals surface area contributed by atoms with Gasteiger partial charge in [0.25, 0.3) is 0 Å². The van der Waals surface area contributed by atoms with Gasteiger partial charge in [0.05, 0.1) is 0 Å². The first-order valence-electron chi connectivity index (χ1n) is 8.47. The van der Waals surface area contributed by atoms with Crippen LogP contribution in [0.4, 0.5) is 0 Å². The molecule has 1 heterocycles. The van der Waals surface area contributed by atoms with Crippen molar-refractivity contribution in [2.75, 3.05) is 0 Å². The molecule has 1 aromatic heterocycles. The highest BCUT2D eigenvalue weighted by atomic mass is 15.0. The van der Waals surface area contributed by atoms with E-state index >= 15 is 0 Å². The van der Waals surface area contributed by atoms with Gasteiger partial charge in [0, 0.05) is 25.3 Å². The van der Waals surface area contributed by atoms with Crippen LogP contribution >= 0.6 is 0 Å². The molecule has 3 atom stereocenters. The molecule has 3 unspecified atom stereocenters. The molecule has 3 rings (SSSR count). The Labute approximate surface area is 128 Å². The quantitative estimate of drug-likeness (QED) is 0.921. The zero-order valence-corrected chi connectivity index (χ0v) is 13.4. The molecule has 2 aliphatic rings. The van der Waals surface area contributed by atoms with Gasteiger partial charge in [-0.15, -0.1) is 0 Å². The lowest BCUT2D eigenvalue weighted by molar-refractivity contribution is 0.143. The zero-order valence-electron chi connectivity index (χ0n) is 13.4. The lowest BCUT2D eigenvalue weighted by Gasteiger charge is -2.39. The van der Waals surface area contributed by atoms with Gasteiger partial charge < -0.3 is 9.88 Å². The van der Waals surface area contributed by atoms with Crippen molar-refractivity contribution in [1.82, 2.24) is 9.88 Å². The third-order valence-electron chi connectivity index (χ3n) is 5.88. The van der Waals surface area contributed by atoms with Crippen molar-refractivity contribution in [3.8, 4) is 6.07 Å². The lowest BCUT2D eigenvalue weighted by Crippen LogP contribution is -2.38. The number of rotatable bonds is 3. The molecule has 0 saturated heterocycles. The van der Waals surface area contributed by atoms with E-state index in [0.29, 0.717) is 6.04 Å². The maximum Gasteiger partial charge on any atom is 0.120 e. The summed E-state index contributed by atoms with van der Waals surface area (Å²) >= 11 is 0. The summed E-state index contributed by atoms with van der Waals surface area (Å²) in [6.45, 7) is 3.01. The minimum atomic E-state index is 0.675. The van der Waals surface area contributed by atoms with Gasteiger partial charge in [-0.3, -0.25) is 0 Å². The van der Waals surface area contributed by atoms with Crippen molar-refractivity contribution in [2.45, 2.75) is 64.5 Å². The molecule has 0 bridgehead atoms. The predicted molar refractivity (Wildman–Crippen MR) is 84.8 cm³/mol. The normalized spacial score (nSPS) is 28.9. The van der Waals surface area contributed by atoms with Gasteiger partial charge in [-0.25, -0.2) is 0 Å². The Bertz CT molecular complexity index is 537. The Kier molecular flexibility index (Phi) is 4.35. The predicted octanol–water partition coefficient (Wildman–Crippen LogP) is 3.65. The number of hydrogen-bond donors (Lipinski definition) is 1. The summed E-state index contributed by atoms with van der Waals surface area (Å²) in [7, 11) is 1.98. The van der Waals surface area contributed by atoms with E-state index in [-0.39, 0.29) is 0 Å². The van der Waals surface area contributed by atoms with Gasteiger partial charge in [-0.2, -0.15) is 5.26 Å². The van der Waals surface area contributed by atoms with Crippen LogP contribution < -0.4 is 5.32 Å². The van der Waals surface area contributed by atoms with Crippen molar-refractivity contribution in [2.24, 2.45) is 18.9 Å². The Balaban J connectivity index is 1.57. The van der Waals surface area contributed by atoms with Crippen molar-refractivity contribution in [1.29, 1.82) is 5.26 Å². The summed E-state index contributed by atoms with van der Waals surface area (Å²) in [5.74, 6) is 1.98. The smallest absolute Gasteiger partial charge is 0.120 e. The average Bonchev–Trinajstić information content (AvgIpc) is 2.80. The van der Waals surface area contributed by atoms with Crippen LogP contribution in [0.25, 0.3) is 0 Å². The molecule has 2 saturated carbocycles. The zero-order chi connectivity index (χ0) is 14.8. The fourth-order valence-electron chi connectivity index (χ4n) is 4.36. The molecular formula is C18H27N3. The molecule has 3 nitrogen and oxygen atoms in total. The molecule has 0 spiro atoms. The first kappa shape index (κ1) is 14.7. The minimum Gasteiger partial charge on any atom is -0.340 e. The fraction of sp³-hybridized carbons (Fsp3) is 0.722. The standard InChI is InChI=1S/C18H27N3/c1-13-16(10-18(11-19)21(13)2)12-20-17-8-7-14-5-3-4-6-15(14)9-17/h10,14-15,17,20H,3-9,12H2,1-2H3. The SMILES string of the molecule is Cc1c(CNC2CCC3CCCCC3C2)cc(C#N)n1C. The summed E-state index contributed by atoms with van der Waals surface area (Å²) in [4.78, 5) is 0. The fourth-order valence-corrected chi connectivity index (χ4v) is 4.36. The van der Waals surface area contributed by atoms with E-state index in [2.05, 4.69) is 18.3 Å². The van der Waals surface area contributed by atoms with E-state index in [1.807, 2.05) is 17.7 Å². The molecule has 0 radical (unpaired) electrons. The van der Waals surface area contributed by atoms with E-state index in [4.69, 9.17) is 5.26 Å². The highest BCUT2D eigenvalue weighted by molar-refractivity contribution is 5.34. The van der Waals surface area contributed by atoms with Crippen molar-refractivity contribution in [3.05, 3.63) is 23.0 Å². The first-order valence-corrected chi connectivity index (χ1v) is 8.47. The third-order valence-corrected chi connectivity index (χ3v) is 5.88. The second kappa shape index (κ2) is 6.23. The summed E-state index contributed by atoms with van der Waals surface area (Å²) in [6, 6.07) is 4.98. The Morgan fingerprint density at radius 2 is 2.00 bits per heavy atom. The Morgan fingerprint density at radius 1 is 1.24 bits per heavy atom. The summed E-state index contributed by atoms with van der Waals surface area (Å²) < 4.78 is 2.00. The van der Waals surface area contributed by atoms with E-state index < -0.39 is 0 Å². The second-order valence-electron chi connectivity index (χ2n) is 7.01. The molecule has 0 aromatic carbocycles. The van der Waals surface area contributed by atoms with Crippen LogP contribution in [0.5, 0.6) is 0 Å². The van der Waals surface area contributed by atoms with Crippen LogP contribution in [0.3, 0.4) is 0 Å². The van der Waals surface area contributed by atoms with Gasteiger partial charge in [0.15, 0.2) is 0 Å². The molecule has 0 aliphatic heterocycles. The number of nitrogens with zero attached hydrogens (tertiary/aromatic N) is 2. The number of fused-ring (bicyclic) bond motifs is 1. The van der Waals surface area contributed by atoms with E-state index in [1.54, 1.807) is 0 Å². The van der Waals surface area contributed by atoms with Crippen LogP contribution in [0.1, 0.15) is 61.9 Å². The molecule has 1 N–H and O–H groups in total. The van der Waals surface area contributed by atoms with Gasteiger partial charge >= 0.3 is 0 Å². The van der Waals surface area contributed by atoms with E-state index in [0.717, 1.165) is 24.1 Å². The maximum atomic E-state index is 9.11. The van der Waals surface area contributed by atoms with Gasteiger partial charge in [0.1, 0.15) is 11.8 Å². The first-order chi connectivity index (χ1) is 10.2. The van der Waals surface area contributed by atoms with Crippen LogP contribution in [0.15, 0.2) is 6.07 Å². The van der Waals surface area contributed by atoms with Crippen LogP contribution in [0, 0.1) is 30.1 Å². The van der Waals surface area contributed by atoms with E-state index in [9.17, 15) is 0 Å². The largest absolute Gasteiger partial charge is 0.340 e. The van der Waals surface area contributed by atoms with Crippen molar-refractivity contribution >= 4 is 0 Å². The number of aromatic nitrogens is 1. The lowest BCUT2D eigenvalue weighted by atomic mass is 9.69.